The molecule has 1 aliphatic rings. The summed E-state index contributed by atoms with van der Waals surface area (Å²) in [5.41, 5.74) is 0.845. The smallest absolute Gasteiger partial charge is 0.183 e. The minimum Gasteiger partial charge on any atom is -0.348 e. The Morgan fingerprint density at radius 2 is 2.00 bits per heavy atom. The summed E-state index contributed by atoms with van der Waals surface area (Å²) in [6.07, 6.45) is 0.569. The fourth-order valence-electron chi connectivity index (χ4n) is 1.34. The van der Waals surface area contributed by atoms with E-state index >= 15 is 0 Å². The fraction of sp³-hybridized carbons (Fsp3) is 0.400. The zero-order chi connectivity index (χ0) is 9.97. The first kappa shape index (κ1) is 10.1. The Labute approximate surface area is 90.1 Å². The molecule has 1 aliphatic heterocycles. The third-order valence-electron chi connectivity index (χ3n) is 2.04. The second-order valence-corrected chi connectivity index (χ2v) is 3.95. The Hall–Kier alpha value is -0.450. The van der Waals surface area contributed by atoms with Crippen LogP contribution in [0.3, 0.4) is 0 Å². The fourth-order valence-corrected chi connectivity index (χ4v) is 1.74. The Kier molecular flexibility index (Phi) is 3.15. The van der Waals surface area contributed by atoms with Gasteiger partial charge in [-0.25, -0.2) is 4.39 Å². The van der Waals surface area contributed by atoms with Crippen LogP contribution in [-0.2, 0) is 9.47 Å². The van der Waals surface area contributed by atoms with Gasteiger partial charge in [0.15, 0.2) is 6.29 Å². The first-order valence-corrected chi connectivity index (χ1v) is 5.25. The zero-order valence-corrected chi connectivity index (χ0v) is 9.09. The quantitative estimate of drug-likeness (QED) is 0.773. The van der Waals surface area contributed by atoms with Crippen molar-refractivity contribution in [1.29, 1.82) is 0 Å². The van der Waals surface area contributed by atoms with Crippen LogP contribution in [0.1, 0.15) is 18.3 Å². The number of hydrogen-bond donors (Lipinski definition) is 0. The van der Waals surface area contributed by atoms with E-state index in [1.165, 1.54) is 6.07 Å². The highest BCUT2D eigenvalue weighted by atomic mass is 79.9. The molecule has 4 heteroatoms. The molecular weight excluding hydrogens is 251 g/mol. The van der Waals surface area contributed by atoms with E-state index < -0.39 is 0 Å². The van der Waals surface area contributed by atoms with E-state index in [-0.39, 0.29) is 12.1 Å². The van der Waals surface area contributed by atoms with Gasteiger partial charge in [-0.3, -0.25) is 0 Å². The number of ether oxygens (including phenoxy) is 2. The van der Waals surface area contributed by atoms with Crippen LogP contribution in [0, 0.1) is 5.82 Å². The molecule has 0 N–H and O–H groups in total. The van der Waals surface area contributed by atoms with E-state index in [2.05, 4.69) is 15.9 Å². The standard InChI is InChI=1S/C10H10BrFO2/c11-8-6-7(2-3-9(8)12)10-13-4-1-5-14-10/h2-3,6,10H,1,4-5H2. The second-order valence-electron chi connectivity index (χ2n) is 3.10. The van der Waals surface area contributed by atoms with E-state index in [0.29, 0.717) is 17.7 Å². The lowest BCUT2D eigenvalue weighted by Crippen LogP contribution is -2.17. The summed E-state index contributed by atoms with van der Waals surface area (Å²) < 4.78 is 24.2. The Balaban J connectivity index is 2.18. The maximum Gasteiger partial charge on any atom is 0.183 e. The van der Waals surface area contributed by atoms with Crippen LogP contribution in [0.2, 0.25) is 0 Å². The van der Waals surface area contributed by atoms with Gasteiger partial charge >= 0.3 is 0 Å². The van der Waals surface area contributed by atoms with Crippen LogP contribution in [0.15, 0.2) is 22.7 Å². The second kappa shape index (κ2) is 4.38. The van der Waals surface area contributed by atoms with Gasteiger partial charge in [-0.05, 0) is 34.5 Å². The summed E-state index contributed by atoms with van der Waals surface area (Å²) in [5.74, 6) is -0.274. The first-order chi connectivity index (χ1) is 6.77. The van der Waals surface area contributed by atoms with Crippen molar-refractivity contribution in [2.75, 3.05) is 13.2 Å². The third-order valence-corrected chi connectivity index (χ3v) is 2.65. The van der Waals surface area contributed by atoms with E-state index in [0.717, 1.165) is 12.0 Å². The van der Waals surface area contributed by atoms with Gasteiger partial charge in [0.25, 0.3) is 0 Å². The van der Waals surface area contributed by atoms with Crippen molar-refractivity contribution < 1.29 is 13.9 Å². The average molecular weight is 261 g/mol. The van der Waals surface area contributed by atoms with Crippen LogP contribution in [-0.4, -0.2) is 13.2 Å². The normalized spacial score (nSPS) is 18.4. The molecule has 0 aliphatic carbocycles. The monoisotopic (exact) mass is 260 g/mol. The number of benzene rings is 1. The highest BCUT2D eigenvalue weighted by Gasteiger charge is 2.17. The molecule has 0 atom stereocenters. The molecule has 14 heavy (non-hydrogen) atoms. The van der Waals surface area contributed by atoms with Gasteiger partial charge in [0.1, 0.15) is 5.82 Å². The van der Waals surface area contributed by atoms with Gasteiger partial charge in [0, 0.05) is 5.56 Å². The largest absolute Gasteiger partial charge is 0.348 e. The van der Waals surface area contributed by atoms with Crippen molar-refractivity contribution in [3.8, 4) is 0 Å². The van der Waals surface area contributed by atoms with Crippen molar-refractivity contribution in [3.63, 3.8) is 0 Å². The van der Waals surface area contributed by atoms with E-state index in [4.69, 9.17) is 9.47 Å². The molecule has 1 fully saturated rings. The molecule has 0 spiro atoms. The lowest BCUT2D eigenvalue weighted by molar-refractivity contribution is -0.183. The summed E-state index contributed by atoms with van der Waals surface area (Å²) in [5, 5.41) is 0. The molecule has 2 nitrogen and oxygen atoms in total. The summed E-state index contributed by atoms with van der Waals surface area (Å²) in [6, 6.07) is 4.77. The molecule has 1 heterocycles. The molecule has 76 valence electrons. The van der Waals surface area contributed by atoms with Crippen LogP contribution in [0.5, 0.6) is 0 Å². The highest BCUT2D eigenvalue weighted by Crippen LogP contribution is 2.26. The van der Waals surface area contributed by atoms with Gasteiger partial charge in [-0.2, -0.15) is 0 Å². The third kappa shape index (κ3) is 2.13. The topological polar surface area (TPSA) is 18.5 Å². The maximum absolute atomic E-state index is 12.9. The lowest BCUT2D eigenvalue weighted by Gasteiger charge is -2.23. The molecule has 0 bridgehead atoms. The molecular formula is C10H10BrFO2. The van der Waals surface area contributed by atoms with Crippen LogP contribution >= 0.6 is 15.9 Å². The maximum atomic E-state index is 12.9. The molecule has 0 amide bonds. The summed E-state index contributed by atoms with van der Waals surface area (Å²) in [4.78, 5) is 0. The van der Waals surface area contributed by atoms with Crippen molar-refractivity contribution in [1.82, 2.24) is 0 Å². The Morgan fingerprint density at radius 1 is 1.29 bits per heavy atom. The molecule has 0 aromatic heterocycles. The van der Waals surface area contributed by atoms with Crippen molar-refractivity contribution in [2.24, 2.45) is 0 Å². The van der Waals surface area contributed by atoms with E-state index in [1.54, 1.807) is 12.1 Å². The zero-order valence-electron chi connectivity index (χ0n) is 7.50. The van der Waals surface area contributed by atoms with Crippen LogP contribution in [0.25, 0.3) is 0 Å². The van der Waals surface area contributed by atoms with Crippen molar-refractivity contribution in [2.45, 2.75) is 12.7 Å². The Morgan fingerprint density at radius 3 is 2.64 bits per heavy atom. The number of rotatable bonds is 1. The average Bonchev–Trinajstić information content (AvgIpc) is 2.23. The molecule has 1 saturated heterocycles. The number of hydrogen-bond acceptors (Lipinski definition) is 2. The molecule has 0 saturated carbocycles. The Bertz CT molecular complexity index is 324. The molecule has 1 aromatic carbocycles. The summed E-state index contributed by atoms with van der Waals surface area (Å²) in [6.45, 7) is 1.39. The van der Waals surface area contributed by atoms with Gasteiger partial charge in [-0.15, -0.1) is 0 Å². The van der Waals surface area contributed by atoms with Gasteiger partial charge in [0.2, 0.25) is 0 Å². The van der Waals surface area contributed by atoms with Crippen molar-refractivity contribution in [3.05, 3.63) is 34.1 Å². The lowest BCUT2D eigenvalue weighted by atomic mass is 10.2. The van der Waals surface area contributed by atoms with Gasteiger partial charge in [0.05, 0.1) is 17.7 Å². The van der Waals surface area contributed by atoms with E-state index in [9.17, 15) is 4.39 Å². The predicted octanol–water partition coefficient (Wildman–Crippen LogP) is 3.02. The molecule has 2 rings (SSSR count). The van der Waals surface area contributed by atoms with Gasteiger partial charge < -0.3 is 9.47 Å². The molecule has 0 unspecified atom stereocenters. The summed E-state index contributed by atoms with van der Waals surface area (Å²) >= 11 is 3.13. The number of halogens is 2. The molecule has 1 aromatic rings. The van der Waals surface area contributed by atoms with Crippen molar-refractivity contribution >= 4 is 15.9 Å². The van der Waals surface area contributed by atoms with Crippen LogP contribution < -0.4 is 0 Å². The predicted molar refractivity (Wildman–Crippen MR) is 53.4 cm³/mol. The first-order valence-electron chi connectivity index (χ1n) is 4.45. The van der Waals surface area contributed by atoms with Crippen LogP contribution in [0.4, 0.5) is 4.39 Å². The highest BCUT2D eigenvalue weighted by molar-refractivity contribution is 9.10. The minimum absolute atomic E-state index is 0.274. The minimum atomic E-state index is -0.347. The summed E-state index contributed by atoms with van der Waals surface area (Å²) in [7, 11) is 0. The van der Waals surface area contributed by atoms with Gasteiger partial charge in [-0.1, -0.05) is 6.07 Å². The molecule has 0 radical (unpaired) electrons. The van der Waals surface area contributed by atoms with E-state index in [1.807, 2.05) is 0 Å². The SMILES string of the molecule is Fc1ccc(C2OCCCO2)cc1Br.